The zero-order chi connectivity index (χ0) is 14.8. The highest BCUT2D eigenvalue weighted by Gasteiger charge is 2.33. The summed E-state index contributed by atoms with van der Waals surface area (Å²) in [5.41, 5.74) is 6.67. The predicted molar refractivity (Wildman–Crippen MR) is 74.9 cm³/mol. The number of rotatable bonds is 2. The summed E-state index contributed by atoms with van der Waals surface area (Å²) >= 11 is 0. The normalized spacial score (nSPS) is 20.8. The van der Waals surface area contributed by atoms with Crippen molar-refractivity contribution in [3.63, 3.8) is 0 Å². The molecule has 6 heteroatoms. The van der Waals surface area contributed by atoms with Crippen LogP contribution in [-0.2, 0) is 4.74 Å². The molecule has 0 spiro atoms. The summed E-state index contributed by atoms with van der Waals surface area (Å²) < 4.78 is 5.38. The zero-order valence-corrected chi connectivity index (χ0v) is 12.2. The largest absolute Gasteiger partial charge is 0.444 e. The van der Waals surface area contributed by atoms with Gasteiger partial charge in [0, 0.05) is 37.1 Å². The average Bonchev–Trinajstić information content (AvgIpc) is 2.86. The number of aromatic nitrogens is 2. The van der Waals surface area contributed by atoms with E-state index in [1.54, 1.807) is 17.3 Å². The van der Waals surface area contributed by atoms with Gasteiger partial charge < -0.3 is 15.4 Å². The van der Waals surface area contributed by atoms with Crippen LogP contribution < -0.4 is 5.73 Å². The molecule has 2 unspecified atom stereocenters. The van der Waals surface area contributed by atoms with E-state index in [4.69, 9.17) is 10.5 Å². The van der Waals surface area contributed by atoms with Gasteiger partial charge in [0.1, 0.15) is 11.9 Å². The molecule has 2 heterocycles. The smallest absolute Gasteiger partial charge is 0.410 e. The van der Waals surface area contributed by atoms with Crippen molar-refractivity contribution in [3.8, 4) is 0 Å². The molecule has 1 saturated heterocycles. The number of amides is 1. The van der Waals surface area contributed by atoms with Crippen molar-refractivity contribution in [1.29, 1.82) is 0 Å². The molecular formula is C14H22N4O2. The third kappa shape index (κ3) is 3.66. The van der Waals surface area contributed by atoms with Gasteiger partial charge in [0.25, 0.3) is 0 Å². The second kappa shape index (κ2) is 5.75. The summed E-state index contributed by atoms with van der Waals surface area (Å²) in [5.74, 6) is 0.216. The Bertz CT molecular complexity index is 458. The summed E-state index contributed by atoms with van der Waals surface area (Å²) in [4.78, 5) is 21.7. The summed E-state index contributed by atoms with van der Waals surface area (Å²) in [6, 6.07) is -0.149. The lowest BCUT2D eigenvalue weighted by Gasteiger charge is -2.25. The number of ether oxygens (including phenoxy) is 1. The van der Waals surface area contributed by atoms with Gasteiger partial charge in [0.05, 0.1) is 0 Å². The Labute approximate surface area is 119 Å². The molecule has 1 aliphatic rings. The highest BCUT2D eigenvalue weighted by Crippen LogP contribution is 2.28. The van der Waals surface area contributed by atoms with Crippen LogP contribution >= 0.6 is 0 Å². The SMILES string of the molecule is CC(C)(C)OC(=O)N1CCC(C(N)c2cncnc2)C1. The molecule has 2 rings (SSSR count). The second-order valence-electron chi connectivity index (χ2n) is 6.17. The predicted octanol–water partition coefficient (Wildman–Crippen LogP) is 1.73. The molecule has 1 aromatic heterocycles. The van der Waals surface area contributed by atoms with Gasteiger partial charge in [-0.15, -0.1) is 0 Å². The minimum Gasteiger partial charge on any atom is -0.444 e. The van der Waals surface area contributed by atoms with Gasteiger partial charge in [-0.25, -0.2) is 14.8 Å². The number of nitrogens with zero attached hydrogens (tertiary/aromatic N) is 3. The maximum Gasteiger partial charge on any atom is 0.410 e. The average molecular weight is 278 g/mol. The van der Waals surface area contributed by atoms with Gasteiger partial charge in [-0.2, -0.15) is 0 Å². The third-order valence-corrected chi connectivity index (χ3v) is 3.35. The topological polar surface area (TPSA) is 81.3 Å². The Hall–Kier alpha value is -1.69. The summed E-state index contributed by atoms with van der Waals surface area (Å²) in [6.07, 6.45) is 5.55. The third-order valence-electron chi connectivity index (χ3n) is 3.35. The first-order valence-corrected chi connectivity index (χ1v) is 6.85. The lowest BCUT2D eigenvalue weighted by molar-refractivity contribution is 0.0286. The molecule has 6 nitrogen and oxygen atoms in total. The summed E-state index contributed by atoms with van der Waals surface area (Å²) in [6.45, 7) is 6.90. The van der Waals surface area contributed by atoms with Crippen LogP contribution in [0.5, 0.6) is 0 Å². The van der Waals surface area contributed by atoms with E-state index in [1.807, 2.05) is 20.8 Å². The molecule has 0 saturated carbocycles. The van der Waals surface area contributed by atoms with Gasteiger partial charge >= 0.3 is 6.09 Å². The van der Waals surface area contributed by atoms with Crippen LogP contribution in [0.25, 0.3) is 0 Å². The first-order chi connectivity index (χ1) is 9.37. The Morgan fingerprint density at radius 1 is 1.45 bits per heavy atom. The van der Waals surface area contributed by atoms with Gasteiger partial charge in [0.2, 0.25) is 0 Å². The lowest BCUT2D eigenvalue weighted by Crippen LogP contribution is -2.36. The highest BCUT2D eigenvalue weighted by atomic mass is 16.6. The quantitative estimate of drug-likeness (QED) is 0.891. The number of carbonyl (C=O) groups is 1. The minimum absolute atomic E-state index is 0.149. The Kier molecular flexibility index (Phi) is 4.23. The lowest BCUT2D eigenvalue weighted by atomic mass is 9.95. The van der Waals surface area contributed by atoms with Gasteiger partial charge in [-0.1, -0.05) is 0 Å². The fourth-order valence-corrected chi connectivity index (χ4v) is 2.33. The fourth-order valence-electron chi connectivity index (χ4n) is 2.33. The van der Waals surface area contributed by atoms with Crippen LogP contribution in [0.2, 0.25) is 0 Å². The molecule has 0 aliphatic carbocycles. The number of likely N-dealkylation sites (tertiary alicyclic amines) is 1. The van der Waals surface area contributed by atoms with Crippen LogP contribution in [-0.4, -0.2) is 39.7 Å². The monoisotopic (exact) mass is 278 g/mol. The summed E-state index contributed by atoms with van der Waals surface area (Å²) in [7, 11) is 0. The summed E-state index contributed by atoms with van der Waals surface area (Å²) in [5, 5.41) is 0. The Balaban J connectivity index is 1.94. The number of carbonyl (C=O) groups excluding carboxylic acids is 1. The van der Waals surface area contributed by atoms with E-state index in [9.17, 15) is 4.79 Å². The molecule has 1 aliphatic heterocycles. The van der Waals surface area contributed by atoms with Gasteiger partial charge in [-0.3, -0.25) is 0 Å². The molecule has 1 amide bonds. The van der Waals surface area contributed by atoms with E-state index in [0.717, 1.165) is 12.0 Å². The van der Waals surface area contributed by atoms with Crippen molar-refractivity contribution in [2.75, 3.05) is 13.1 Å². The molecule has 1 fully saturated rings. The van der Waals surface area contributed by atoms with Crippen molar-refractivity contribution < 1.29 is 9.53 Å². The van der Waals surface area contributed by atoms with Crippen LogP contribution in [0.15, 0.2) is 18.7 Å². The van der Waals surface area contributed by atoms with Crippen LogP contribution in [0.4, 0.5) is 4.79 Å². The van der Waals surface area contributed by atoms with E-state index < -0.39 is 5.60 Å². The molecule has 0 bridgehead atoms. The maximum absolute atomic E-state index is 12.0. The number of hydrogen-bond donors (Lipinski definition) is 1. The van der Waals surface area contributed by atoms with E-state index in [0.29, 0.717) is 13.1 Å². The van der Waals surface area contributed by atoms with E-state index >= 15 is 0 Å². The first kappa shape index (κ1) is 14.7. The second-order valence-corrected chi connectivity index (χ2v) is 6.17. The number of nitrogens with two attached hydrogens (primary N) is 1. The van der Waals surface area contributed by atoms with Crippen LogP contribution in [0, 0.1) is 5.92 Å². The van der Waals surface area contributed by atoms with Gasteiger partial charge in [-0.05, 0) is 33.1 Å². The van der Waals surface area contributed by atoms with Crippen molar-refractivity contribution in [2.45, 2.75) is 38.8 Å². The fraction of sp³-hybridized carbons (Fsp3) is 0.643. The Morgan fingerprint density at radius 3 is 2.70 bits per heavy atom. The molecule has 0 aromatic carbocycles. The first-order valence-electron chi connectivity index (χ1n) is 6.85. The number of hydrogen-bond acceptors (Lipinski definition) is 5. The van der Waals surface area contributed by atoms with E-state index in [-0.39, 0.29) is 18.1 Å². The minimum atomic E-state index is -0.468. The zero-order valence-electron chi connectivity index (χ0n) is 12.2. The molecule has 2 atom stereocenters. The molecule has 20 heavy (non-hydrogen) atoms. The van der Waals surface area contributed by atoms with Crippen molar-refractivity contribution >= 4 is 6.09 Å². The molecular weight excluding hydrogens is 256 g/mol. The highest BCUT2D eigenvalue weighted by molar-refractivity contribution is 5.68. The van der Waals surface area contributed by atoms with Crippen molar-refractivity contribution in [2.24, 2.45) is 11.7 Å². The molecule has 0 radical (unpaired) electrons. The van der Waals surface area contributed by atoms with Crippen molar-refractivity contribution in [1.82, 2.24) is 14.9 Å². The maximum atomic E-state index is 12.0. The van der Waals surface area contributed by atoms with E-state index in [2.05, 4.69) is 9.97 Å². The molecule has 110 valence electrons. The van der Waals surface area contributed by atoms with E-state index in [1.165, 1.54) is 6.33 Å². The van der Waals surface area contributed by atoms with Crippen LogP contribution in [0.1, 0.15) is 38.8 Å². The Morgan fingerprint density at radius 2 is 2.10 bits per heavy atom. The standard InChI is InChI=1S/C14H22N4O2/c1-14(2,3)20-13(19)18-5-4-10(8-18)12(15)11-6-16-9-17-7-11/h6-7,9-10,12H,4-5,8,15H2,1-3H3. The van der Waals surface area contributed by atoms with Crippen LogP contribution in [0.3, 0.4) is 0 Å². The van der Waals surface area contributed by atoms with Crippen molar-refractivity contribution in [3.05, 3.63) is 24.3 Å². The molecule has 2 N–H and O–H groups in total. The molecule has 1 aromatic rings. The van der Waals surface area contributed by atoms with Gasteiger partial charge in [0.15, 0.2) is 0 Å².